The highest BCUT2D eigenvalue weighted by Gasteiger charge is 2.47. The van der Waals surface area contributed by atoms with Crippen molar-refractivity contribution in [3.8, 4) is 40.1 Å². The molecule has 6 aromatic carbocycles. The van der Waals surface area contributed by atoms with E-state index in [1.54, 1.807) is 0 Å². The molecule has 0 radical (unpaired) electrons. The molecule has 4 nitrogen and oxygen atoms in total. The summed E-state index contributed by atoms with van der Waals surface area (Å²) in [5.41, 5.74) is 11.0. The molecule has 0 spiro atoms. The van der Waals surface area contributed by atoms with Crippen molar-refractivity contribution in [3.63, 3.8) is 0 Å². The van der Waals surface area contributed by atoms with Gasteiger partial charge >= 0.3 is 0 Å². The van der Waals surface area contributed by atoms with Crippen LogP contribution in [0.5, 0.6) is 0 Å². The van der Waals surface area contributed by atoms with Gasteiger partial charge in [0.25, 0.3) is 0 Å². The number of rotatable bonds is 4. The highest BCUT2D eigenvalue weighted by atomic mass is 15.2. The lowest BCUT2D eigenvalue weighted by atomic mass is 9.80. The SMILES string of the molecule is CC12C=CC=CC1c1ccccc1N2c1cc(-c2ccccc2-c2c(C#N)cccc2-n2c3ccccc3c3ccccc32)ccc1C#N. The Morgan fingerprint density at radius 1 is 0.592 bits per heavy atom. The highest BCUT2D eigenvalue weighted by Crippen LogP contribution is 2.55. The van der Waals surface area contributed by atoms with Gasteiger partial charge in [-0.25, -0.2) is 0 Å². The van der Waals surface area contributed by atoms with Crippen LogP contribution in [0.15, 0.2) is 158 Å². The minimum Gasteiger partial charge on any atom is -0.330 e. The van der Waals surface area contributed by atoms with Crippen molar-refractivity contribution >= 4 is 33.2 Å². The van der Waals surface area contributed by atoms with Crippen LogP contribution in [0.1, 0.15) is 29.5 Å². The predicted octanol–water partition coefficient (Wildman–Crippen LogP) is 11.0. The van der Waals surface area contributed by atoms with E-state index >= 15 is 0 Å². The third-order valence-electron chi connectivity index (χ3n) is 10.3. The minimum absolute atomic E-state index is 0.160. The molecule has 0 saturated carbocycles. The average Bonchev–Trinajstić information content (AvgIpc) is 3.63. The molecule has 2 atom stereocenters. The molecule has 0 N–H and O–H groups in total. The second-order valence-corrected chi connectivity index (χ2v) is 12.9. The van der Waals surface area contributed by atoms with E-state index in [-0.39, 0.29) is 11.5 Å². The standard InChI is InChI=1S/C45H30N4/c1-45-26-11-10-19-38(45)37-18-6-9-22-41(37)49(45)43-27-30(24-25-31(43)28-46)33-14-2-3-17-36(33)44-32(29-47)13-12-23-42(44)48-39-20-7-4-15-34(39)35-16-5-8-21-40(35)48/h2-27,38H,1H3. The Bertz CT molecular complexity index is 2570. The number of benzene rings is 6. The molecule has 0 amide bonds. The highest BCUT2D eigenvalue weighted by molar-refractivity contribution is 6.10. The summed E-state index contributed by atoms with van der Waals surface area (Å²) < 4.78 is 2.28. The van der Waals surface area contributed by atoms with E-state index in [1.807, 2.05) is 36.4 Å². The van der Waals surface area contributed by atoms with Crippen molar-refractivity contribution in [2.75, 3.05) is 4.90 Å². The molecular formula is C45H30N4. The summed E-state index contributed by atoms with van der Waals surface area (Å²) in [4.78, 5) is 2.34. The maximum atomic E-state index is 10.6. The molecule has 1 aromatic heterocycles. The monoisotopic (exact) mass is 626 g/mol. The Morgan fingerprint density at radius 2 is 1.24 bits per heavy atom. The number of anilines is 2. The number of nitrogens with zero attached hydrogens (tertiary/aromatic N) is 4. The van der Waals surface area contributed by atoms with Crippen LogP contribution in [0.3, 0.4) is 0 Å². The molecule has 7 aromatic rings. The first-order chi connectivity index (χ1) is 24.1. The predicted molar refractivity (Wildman–Crippen MR) is 199 cm³/mol. The molecule has 4 heteroatoms. The summed E-state index contributed by atoms with van der Waals surface area (Å²) in [7, 11) is 0. The number of hydrogen-bond acceptors (Lipinski definition) is 3. The summed E-state index contributed by atoms with van der Waals surface area (Å²) in [5, 5.41) is 23.3. The second kappa shape index (κ2) is 11.0. The van der Waals surface area contributed by atoms with E-state index in [1.165, 1.54) is 16.3 Å². The van der Waals surface area contributed by atoms with Gasteiger partial charge in [-0.1, -0.05) is 115 Å². The van der Waals surface area contributed by atoms with Crippen LogP contribution >= 0.6 is 0 Å². The van der Waals surface area contributed by atoms with Gasteiger partial charge in [0, 0.05) is 27.9 Å². The van der Waals surface area contributed by atoms with E-state index < -0.39 is 0 Å². The number of allylic oxidation sites excluding steroid dienone is 2. The van der Waals surface area contributed by atoms with Gasteiger partial charge in [-0.15, -0.1) is 0 Å². The minimum atomic E-state index is -0.376. The van der Waals surface area contributed by atoms with Crippen LogP contribution in [0, 0.1) is 22.7 Å². The fourth-order valence-electron chi connectivity index (χ4n) is 8.18. The summed E-state index contributed by atoms with van der Waals surface area (Å²) >= 11 is 0. The first-order valence-electron chi connectivity index (χ1n) is 16.5. The van der Waals surface area contributed by atoms with Crippen molar-refractivity contribution < 1.29 is 0 Å². The van der Waals surface area contributed by atoms with Gasteiger partial charge < -0.3 is 9.47 Å². The lowest BCUT2D eigenvalue weighted by Crippen LogP contribution is -2.42. The van der Waals surface area contributed by atoms with Crippen molar-refractivity contribution in [1.29, 1.82) is 10.5 Å². The maximum Gasteiger partial charge on any atom is 0.101 e. The Labute approximate surface area is 285 Å². The largest absolute Gasteiger partial charge is 0.330 e. The first-order valence-corrected chi connectivity index (χ1v) is 16.5. The summed E-state index contributed by atoms with van der Waals surface area (Å²) in [6.07, 6.45) is 8.74. The fourth-order valence-corrected chi connectivity index (χ4v) is 8.18. The number of fused-ring (bicyclic) bond motifs is 6. The smallest absolute Gasteiger partial charge is 0.101 e. The molecule has 2 unspecified atom stereocenters. The number of para-hydroxylation sites is 3. The van der Waals surface area contributed by atoms with Gasteiger partial charge in [-0.2, -0.15) is 10.5 Å². The van der Waals surface area contributed by atoms with Gasteiger partial charge in [0.1, 0.15) is 6.07 Å². The van der Waals surface area contributed by atoms with Crippen LogP contribution in [-0.4, -0.2) is 10.1 Å². The van der Waals surface area contributed by atoms with E-state index in [2.05, 4.69) is 150 Å². The third kappa shape index (κ3) is 4.15. The van der Waals surface area contributed by atoms with E-state index in [9.17, 15) is 10.5 Å². The zero-order valence-electron chi connectivity index (χ0n) is 26.9. The summed E-state index contributed by atoms with van der Waals surface area (Å²) in [6.45, 7) is 2.25. The lowest BCUT2D eigenvalue weighted by Gasteiger charge is -2.39. The molecule has 230 valence electrons. The average molecular weight is 627 g/mol. The second-order valence-electron chi connectivity index (χ2n) is 12.9. The van der Waals surface area contributed by atoms with E-state index in [4.69, 9.17) is 0 Å². The maximum absolute atomic E-state index is 10.6. The zero-order chi connectivity index (χ0) is 33.1. The Morgan fingerprint density at radius 3 is 2.00 bits per heavy atom. The first kappa shape index (κ1) is 28.6. The number of aromatic nitrogens is 1. The summed E-state index contributed by atoms with van der Waals surface area (Å²) in [5.74, 6) is 0.160. The molecule has 2 heterocycles. The van der Waals surface area contributed by atoms with E-state index in [0.717, 1.165) is 50.3 Å². The number of hydrogen-bond donors (Lipinski definition) is 0. The van der Waals surface area contributed by atoms with Crippen molar-refractivity contribution in [2.45, 2.75) is 18.4 Å². The van der Waals surface area contributed by atoms with Crippen molar-refractivity contribution in [2.24, 2.45) is 0 Å². The molecular weight excluding hydrogens is 597 g/mol. The van der Waals surface area contributed by atoms with Crippen LogP contribution in [0.2, 0.25) is 0 Å². The quantitative estimate of drug-likeness (QED) is 0.195. The molecule has 49 heavy (non-hydrogen) atoms. The molecule has 0 fully saturated rings. The molecule has 1 aliphatic heterocycles. The fraction of sp³-hybridized carbons (Fsp3) is 0.0667. The third-order valence-corrected chi connectivity index (χ3v) is 10.3. The Kier molecular flexibility index (Phi) is 6.41. The molecule has 9 rings (SSSR count). The molecule has 2 aliphatic rings. The Hall–Kier alpha value is -6.62. The lowest BCUT2D eigenvalue weighted by molar-refractivity contribution is 0.542. The van der Waals surface area contributed by atoms with Gasteiger partial charge in [-0.05, 0) is 71.6 Å². The van der Waals surface area contributed by atoms with Crippen LogP contribution in [-0.2, 0) is 0 Å². The van der Waals surface area contributed by atoms with Gasteiger partial charge in [0.15, 0.2) is 0 Å². The van der Waals surface area contributed by atoms with Gasteiger partial charge in [-0.3, -0.25) is 0 Å². The normalized spacial score (nSPS) is 17.5. The van der Waals surface area contributed by atoms with Crippen LogP contribution in [0.25, 0.3) is 49.7 Å². The van der Waals surface area contributed by atoms with Gasteiger partial charge in [0.2, 0.25) is 0 Å². The molecule has 1 aliphatic carbocycles. The van der Waals surface area contributed by atoms with E-state index in [0.29, 0.717) is 11.1 Å². The number of nitriles is 2. The molecule has 0 bridgehead atoms. The van der Waals surface area contributed by atoms with Crippen LogP contribution in [0.4, 0.5) is 11.4 Å². The van der Waals surface area contributed by atoms with Crippen molar-refractivity contribution in [1.82, 2.24) is 4.57 Å². The topological polar surface area (TPSA) is 55.8 Å². The van der Waals surface area contributed by atoms with Gasteiger partial charge in [0.05, 0.1) is 45.1 Å². The van der Waals surface area contributed by atoms with Crippen LogP contribution < -0.4 is 4.90 Å². The Balaban J connectivity index is 1.29. The summed E-state index contributed by atoms with van der Waals surface area (Å²) in [6, 6.07) is 50.8. The zero-order valence-corrected chi connectivity index (χ0v) is 26.9. The van der Waals surface area contributed by atoms with Crippen molar-refractivity contribution in [3.05, 3.63) is 174 Å². The molecule has 0 saturated heterocycles.